The number of aliphatic hydroxyl groups excluding tert-OH is 1. The summed E-state index contributed by atoms with van der Waals surface area (Å²) in [5.74, 6) is -2.78. The Bertz CT molecular complexity index is 1080. The maximum atomic E-state index is 14.9. The molecule has 0 saturated heterocycles. The second kappa shape index (κ2) is 6.54. The van der Waals surface area contributed by atoms with Crippen molar-refractivity contribution in [3.63, 3.8) is 0 Å². The smallest absolute Gasteiger partial charge is 0.188 e. The zero-order valence-corrected chi connectivity index (χ0v) is 15.5. The van der Waals surface area contributed by atoms with Gasteiger partial charge in [0.15, 0.2) is 27.1 Å². The molecule has 4 rings (SSSR count). The van der Waals surface area contributed by atoms with E-state index in [4.69, 9.17) is 11.3 Å². The Labute approximate surface area is 161 Å². The third kappa shape index (κ3) is 2.54. The van der Waals surface area contributed by atoms with Crippen LogP contribution < -0.4 is 4.74 Å². The Morgan fingerprint density at radius 1 is 1.14 bits per heavy atom. The lowest BCUT2D eigenvalue weighted by molar-refractivity contribution is 0.0395. The molecule has 5 nitrogen and oxygen atoms in total. The molecule has 0 amide bonds. The number of aliphatic hydroxyl groups is 1. The normalized spacial score (nSPS) is 26.5. The van der Waals surface area contributed by atoms with E-state index < -0.39 is 38.2 Å². The van der Waals surface area contributed by atoms with E-state index in [1.54, 1.807) is 0 Å². The summed E-state index contributed by atoms with van der Waals surface area (Å²) in [5.41, 5.74) is -0.0263. The van der Waals surface area contributed by atoms with Gasteiger partial charge in [-0.05, 0) is 31.4 Å². The number of fused-ring (bicyclic) bond motifs is 3. The van der Waals surface area contributed by atoms with Gasteiger partial charge in [0, 0.05) is 5.92 Å². The van der Waals surface area contributed by atoms with E-state index in [9.17, 15) is 22.3 Å². The summed E-state index contributed by atoms with van der Waals surface area (Å²) >= 11 is 0. The summed E-state index contributed by atoms with van der Waals surface area (Å²) in [4.78, 5) is 3.18. The topological polar surface area (TPSA) is 68.0 Å². The van der Waals surface area contributed by atoms with Crippen LogP contribution >= 0.6 is 0 Å². The average molecular weight is 405 g/mol. The van der Waals surface area contributed by atoms with Crippen molar-refractivity contribution in [2.75, 3.05) is 6.61 Å². The summed E-state index contributed by atoms with van der Waals surface area (Å²) < 4.78 is 60.5. The van der Waals surface area contributed by atoms with Gasteiger partial charge in [-0.1, -0.05) is 24.3 Å². The molecule has 1 fully saturated rings. The van der Waals surface area contributed by atoms with Gasteiger partial charge in [0.2, 0.25) is 0 Å². The molecule has 1 aliphatic heterocycles. The Hall–Kier alpha value is -2.50. The van der Waals surface area contributed by atoms with Gasteiger partial charge < -0.3 is 9.84 Å². The van der Waals surface area contributed by atoms with Crippen LogP contribution in [-0.2, 0) is 14.6 Å². The SMILES string of the molecule is [C-]#[N+]c1ccc(S(=O)(=O)[C@@]23CC[C@@H](O)C[C@@H]2COc2c(F)ccc(F)c23)cc1. The summed E-state index contributed by atoms with van der Waals surface area (Å²) in [6.45, 7) is 6.89. The van der Waals surface area contributed by atoms with Crippen LogP contribution in [0.1, 0.15) is 24.8 Å². The van der Waals surface area contributed by atoms with E-state index in [1.165, 1.54) is 24.3 Å². The van der Waals surface area contributed by atoms with Crippen molar-refractivity contribution < 1.29 is 27.0 Å². The summed E-state index contributed by atoms with van der Waals surface area (Å²) in [5, 5.41) is 10.1. The van der Waals surface area contributed by atoms with E-state index >= 15 is 0 Å². The van der Waals surface area contributed by atoms with Crippen molar-refractivity contribution in [2.45, 2.75) is 35.0 Å². The Kier molecular flexibility index (Phi) is 4.40. The molecule has 146 valence electrons. The molecule has 8 heteroatoms. The first kappa shape index (κ1) is 18.8. The molecule has 0 spiro atoms. The third-order valence-corrected chi connectivity index (χ3v) is 8.32. The van der Waals surface area contributed by atoms with Crippen molar-refractivity contribution in [3.05, 3.63) is 65.0 Å². The van der Waals surface area contributed by atoms with E-state index in [-0.39, 0.29) is 47.8 Å². The van der Waals surface area contributed by atoms with E-state index in [0.717, 1.165) is 12.1 Å². The predicted octanol–water partition coefficient (Wildman–Crippen LogP) is 3.74. The fourth-order valence-corrected chi connectivity index (χ4v) is 6.77. The zero-order chi connectivity index (χ0) is 20.1. The second-order valence-corrected chi connectivity index (χ2v) is 9.37. The lowest BCUT2D eigenvalue weighted by Gasteiger charge is -2.48. The quantitative estimate of drug-likeness (QED) is 0.773. The summed E-state index contributed by atoms with van der Waals surface area (Å²) in [7, 11) is -4.19. The number of sulfone groups is 1. The molecule has 1 saturated carbocycles. The van der Waals surface area contributed by atoms with Gasteiger partial charge in [0.05, 0.1) is 29.7 Å². The number of hydrogen-bond acceptors (Lipinski definition) is 4. The van der Waals surface area contributed by atoms with Gasteiger partial charge in [-0.3, -0.25) is 0 Å². The van der Waals surface area contributed by atoms with Crippen molar-refractivity contribution in [1.29, 1.82) is 0 Å². The molecule has 2 aromatic rings. The van der Waals surface area contributed by atoms with Gasteiger partial charge in [-0.25, -0.2) is 22.0 Å². The number of hydrogen-bond donors (Lipinski definition) is 1. The van der Waals surface area contributed by atoms with Crippen molar-refractivity contribution in [1.82, 2.24) is 0 Å². The molecule has 2 aliphatic rings. The van der Waals surface area contributed by atoms with Crippen molar-refractivity contribution >= 4 is 15.5 Å². The molecule has 28 heavy (non-hydrogen) atoms. The number of rotatable bonds is 2. The summed E-state index contributed by atoms with van der Waals surface area (Å²) in [6, 6.07) is 7.20. The van der Waals surface area contributed by atoms with Crippen LogP contribution in [0.3, 0.4) is 0 Å². The molecule has 2 aromatic carbocycles. The van der Waals surface area contributed by atoms with Crippen LogP contribution in [0.4, 0.5) is 14.5 Å². The third-order valence-electron chi connectivity index (χ3n) is 5.73. The van der Waals surface area contributed by atoms with Gasteiger partial charge >= 0.3 is 0 Å². The van der Waals surface area contributed by atoms with Crippen LogP contribution in [0, 0.1) is 24.1 Å². The lowest BCUT2D eigenvalue weighted by atomic mass is 9.72. The Balaban J connectivity index is 2.00. The van der Waals surface area contributed by atoms with Gasteiger partial charge in [0.25, 0.3) is 0 Å². The van der Waals surface area contributed by atoms with Crippen molar-refractivity contribution in [3.8, 4) is 5.75 Å². The molecular weight excluding hydrogens is 388 g/mol. The minimum Gasteiger partial charge on any atom is -0.490 e. The zero-order valence-electron chi connectivity index (χ0n) is 14.7. The molecule has 0 bridgehead atoms. The molecule has 0 aromatic heterocycles. The van der Waals surface area contributed by atoms with Crippen LogP contribution in [-0.4, -0.2) is 26.2 Å². The maximum absolute atomic E-state index is 14.9. The fraction of sp³-hybridized carbons (Fsp3) is 0.350. The molecular formula is C20H17F2NO4S. The Morgan fingerprint density at radius 3 is 2.50 bits per heavy atom. The van der Waals surface area contributed by atoms with Crippen LogP contribution in [0.15, 0.2) is 41.3 Å². The van der Waals surface area contributed by atoms with E-state index in [1.807, 2.05) is 0 Å². The second-order valence-electron chi connectivity index (χ2n) is 7.17. The van der Waals surface area contributed by atoms with E-state index in [0.29, 0.717) is 0 Å². The highest BCUT2D eigenvalue weighted by atomic mass is 32.2. The molecule has 1 N–H and O–H groups in total. The highest BCUT2D eigenvalue weighted by molar-refractivity contribution is 7.92. The van der Waals surface area contributed by atoms with Crippen LogP contribution in [0.25, 0.3) is 4.85 Å². The van der Waals surface area contributed by atoms with Crippen molar-refractivity contribution in [2.24, 2.45) is 5.92 Å². The van der Waals surface area contributed by atoms with Gasteiger partial charge in [-0.15, -0.1) is 0 Å². The van der Waals surface area contributed by atoms with Gasteiger partial charge in [0.1, 0.15) is 10.6 Å². The van der Waals surface area contributed by atoms with Crippen LogP contribution in [0.5, 0.6) is 5.75 Å². The highest BCUT2D eigenvalue weighted by Gasteiger charge is 2.59. The fourth-order valence-electron chi connectivity index (χ4n) is 4.40. The lowest BCUT2D eigenvalue weighted by Crippen LogP contribution is -2.53. The molecule has 0 unspecified atom stereocenters. The Morgan fingerprint density at radius 2 is 1.82 bits per heavy atom. The minimum atomic E-state index is -4.19. The largest absolute Gasteiger partial charge is 0.490 e. The number of benzene rings is 2. The average Bonchev–Trinajstić information content (AvgIpc) is 2.70. The molecule has 0 radical (unpaired) electrons. The monoisotopic (exact) mass is 405 g/mol. The standard InChI is InChI=1S/C20H17F2NO4S/c1-23-13-2-4-15(5-3-13)28(25,26)20-9-8-14(24)10-12(20)11-27-19-17(22)7-6-16(21)18(19)20/h2-7,12,14,24H,8-11H2/t12-,14-,20+/m1/s1. The minimum absolute atomic E-state index is 0.0531. The van der Waals surface area contributed by atoms with E-state index in [2.05, 4.69) is 4.85 Å². The molecule has 1 heterocycles. The highest BCUT2D eigenvalue weighted by Crippen LogP contribution is 2.56. The first-order chi connectivity index (χ1) is 13.3. The molecule has 1 aliphatic carbocycles. The molecule has 3 atom stereocenters. The predicted molar refractivity (Wildman–Crippen MR) is 96.8 cm³/mol. The van der Waals surface area contributed by atoms with Crippen LogP contribution in [0.2, 0.25) is 0 Å². The number of nitrogens with zero attached hydrogens (tertiary/aromatic N) is 1. The first-order valence-electron chi connectivity index (χ1n) is 8.83. The summed E-state index contributed by atoms with van der Waals surface area (Å²) in [6.07, 6.45) is -0.540. The first-order valence-corrected chi connectivity index (χ1v) is 10.3. The number of ether oxygens (including phenoxy) is 1. The number of halogens is 2. The maximum Gasteiger partial charge on any atom is 0.188 e. The van der Waals surface area contributed by atoms with Gasteiger partial charge in [-0.2, -0.15) is 0 Å².